The van der Waals surface area contributed by atoms with Crippen LogP contribution in [0.15, 0.2) is 0 Å². The molecule has 1 nitrogen and oxygen atoms in total. The maximum Gasteiger partial charge on any atom is 0.121 e. The summed E-state index contributed by atoms with van der Waals surface area (Å²) in [5, 5.41) is 9.86. The summed E-state index contributed by atoms with van der Waals surface area (Å²) in [7, 11) is 0. The van der Waals surface area contributed by atoms with Gasteiger partial charge in [-0.25, -0.2) is 0 Å². The van der Waals surface area contributed by atoms with Crippen LogP contribution in [0, 0.1) is 27.7 Å². The molecule has 0 spiro atoms. The lowest BCUT2D eigenvalue weighted by Gasteiger charge is -2.16. The maximum atomic E-state index is 9.86. The van der Waals surface area contributed by atoms with Gasteiger partial charge in [0.15, 0.2) is 0 Å². The largest absolute Gasteiger partial charge is 0.507 e. The first-order chi connectivity index (χ1) is 6.50. The van der Waals surface area contributed by atoms with Crippen LogP contribution >= 0.6 is 0 Å². The Morgan fingerprint density at radius 1 is 0.857 bits per heavy atom. The summed E-state index contributed by atoms with van der Waals surface area (Å²) >= 11 is 0. The van der Waals surface area contributed by atoms with E-state index in [1.165, 1.54) is 16.7 Å². The van der Waals surface area contributed by atoms with Crippen molar-refractivity contribution in [1.29, 1.82) is 0 Å². The molecule has 1 aromatic rings. The van der Waals surface area contributed by atoms with Gasteiger partial charge >= 0.3 is 0 Å². The van der Waals surface area contributed by atoms with Crippen molar-refractivity contribution in [2.75, 3.05) is 0 Å². The van der Waals surface area contributed by atoms with Gasteiger partial charge in [0.05, 0.1) is 0 Å². The SMILES string of the molecule is CCCc1c(C)c(C)c(O)c(C)c1C. The first-order valence-electron chi connectivity index (χ1n) is 5.28. The van der Waals surface area contributed by atoms with E-state index in [0.29, 0.717) is 5.75 Å². The molecular weight excluding hydrogens is 172 g/mol. The Bertz CT molecular complexity index is 322. The minimum atomic E-state index is 0.472. The van der Waals surface area contributed by atoms with Gasteiger partial charge in [0.2, 0.25) is 0 Å². The summed E-state index contributed by atoms with van der Waals surface area (Å²) in [6.07, 6.45) is 2.27. The number of phenolic OH excluding ortho intramolecular Hbond substituents is 1. The smallest absolute Gasteiger partial charge is 0.121 e. The fraction of sp³-hybridized carbons (Fsp3) is 0.538. The van der Waals surface area contributed by atoms with Crippen LogP contribution in [0.25, 0.3) is 0 Å². The predicted molar refractivity (Wildman–Crippen MR) is 61.0 cm³/mol. The Balaban J connectivity index is 3.43. The van der Waals surface area contributed by atoms with Gasteiger partial charge in [-0.3, -0.25) is 0 Å². The standard InChI is InChI=1S/C13H20O/c1-6-7-12-8(2)10(4)13(14)11(5)9(12)3/h14H,6-7H2,1-5H3. The molecule has 0 unspecified atom stereocenters. The third-order valence-electron chi connectivity index (χ3n) is 3.24. The Labute approximate surface area is 86.8 Å². The van der Waals surface area contributed by atoms with Gasteiger partial charge in [-0.1, -0.05) is 13.3 Å². The summed E-state index contributed by atoms with van der Waals surface area (Å²) < 4.78 is 0. The zero-order valence-corrected chi connectivity index (χ0v) is 9.86. The lowest BCUT2D eigenvalue weighted by molar-refractivity contribution is 0.465. The Morgan fingerprint density at radius 3 is 1.64 bits per heavy atom. The average Bonchev–Trinajstić information content (AvgIpc) is 2.19. The molecule has 0 aromatic heterocycles. The molecule has 0 fully saturated rings. The third-order valence-corrected chi connectivity index (χ3v) is 3.24. The van der Waals surface area contributed by atoms with E-state index in [0.717, 1.165) is 24.0 Å². The molecule has 0 saturated heterocycles. The summed E-state index contributed by atoms with van der Waals surface area (Å²) in [5.74, 6) is 0.472. The molecule has 0 bridgehead atoms. The second-order valence-electron chi connectivity index (χ2n) is 4.08. The Hall–Kier alpha value is -0.980. The summed E-state index contributed by atoms with van der Waals surface area (Å²) in [5.41, 5.74) is 6.01. The van der Waals surface area contributed by atoms with Crippen LogP contribution in [-0.2, 0) is 6.42 Å². The van der Waals surface area contributed by atoms with Crippen LogP contribution < -0.4 is 0 Å². The number of hydrogen-bond donors (Lipinski definition) is 1. The van der Waals surface area contributed by atoms with Crippen LogP contribution in [-0.4, -0.2) is 5.11 Å². The van der Waals surface area contributed by atoms with Gasteiger partial charge in [0, 0.05) is 0 Å². The molecule has 0 heterocycles. The first kappa shape index (κ1) is 11.1. The molecule has 1 rings (SSSR count). The van der Waals surface area contributed by atoms with Crippen molar-refractivity contribution in [1.82, 2.24) is 0 Å². The highest BCUT2D eigenvalue weighted by atomic mass is 16.3. The number of hydrogen-bond acceptors (Lipinski definition) is 1. The molecule has 0 aliphatic rings. The van der Waals surface area contributed by atoms with Crippen LogP contribution in [0.5, 0.6) is 5.75 Å². The normalized spacial score (nSPS) is 10.6. The number of phenols is 1. The highest BCUT2D eigenvalue weighted by molar-refractivity contribution is 5.53. The van der Waals surface area contributed by atoms with Crippen LogP contribution in [0.2, 0.25) is 0 Å². The van der Waals surface area contributed by atoms with Crippen molar-refractivity contribution < 1.29 is 5.11 Å². The van der Waals surface area contributed by atoms with Gasteiger partial charge in [-0.2, -0.15) is 0 Å². The zero-order valence-electron chi connectivity index (χ0n) is 9.86. The molecule has 0 radical (unpaired) electrons. The first-order valence-corrected chi connectivity index (χ1v) is 5.28. The van der Waals surface area contributed by atoms with Crippen molar-refractivity contribution in [2.24, 2.45) is 0 Å². The molecule has 1 N–H and O–H groups in total. The van der Waals surface area contributed by atoms with Crippen LogP contribution in [0.3, 0.4) is 0 Å². The Morgan fingerprint density at radius 2 is 1.29 bits per heavy atom. The van der Waals surface area contributed by atoms with E-state index in [1.807, 2.05) is 13.8 Å². The van der Waals surface area contributed by atoms with Crippen molar-refractivity contribution in [3.05, 3.63) is 27.8 Å². The van der Waals surface area contributed by atoms with E-state index in [4.69, 9.17) is 0 Å². The molecule has 0 saturated carbocycles. The summed E-state index contributed by atoms with van der Waals surface area (Å²) in [6.45, 7) is 10.4. The van der Waals surface area contributed by atoms with Crippen molar-refractivity contribution in [2.45, 2.75) is 47.5 Å². The van der Waals surface area contributed by atoms with Crippen LogP contribution in [0.1, 0.15) is 41.2 Å². The Kier molecular flexibility index (Phi) is 3.20. The monoisotopic (exact) mass is 192 g/mol. The van der Waals surface area contributed by atoms with E-state index >= 15 is 0 Å². The molecular formula is C13H20O. The lowest BCUT2D eigenvalue weighted by Crippen LogP contribution is -1.99. The maximum absolute atomic E-state index is 9.86. The quantitative estimate of drug-likeness (QED) is 0.759. The zero-order chi connectivity index (χ0) is 10.9. The number of benzene rings is 1. The van der Waals surface area contributed by atoms with Gasteiger partial charge < -0.3 is 5.11 Å². The second kappa shape index (κ2) is 4.04. The van der Waals surface area contributed by atoms with Gasteiger partial charge in [0.1, 0.15) is 5.75 Å². The molecule has 1 heteroatoms. The second-order valence-corrected chi connectivity index (χ2v) is 4.08. The van der Waals surface area contributed by atoms with E-state index in [9.17, 15) is 5.11 Å². The molecule has 0 amide bonds. The van der Waals surface area contributed by atoms with Gasteiger partial charge in [-0.05, 0) is 61.9 Å². The fourth-order valence-corrected chi connectivity index (χ4v) is 2.00. The highest BCUT2D eigenvalue weighted by Crippen LogP contribution is 2.31. The number of rotatable bonds is 2. The summed E-state index contributed by atoms with van der Waals surface area (Å²) in [6, 6.07) is 0. The third kappa shape index (κ3) is 1.63. The van der Waals surface area contributed by atoms with Gasteiger partial charge in [0.25, 0.3) is 0 Å². The van der Waals surface area contributed by atoms with Gasteiger partial charge in [-0.15, -0.1) is 0 Å². The van der Waals surface area contributed by atoms with E-state index in [1.54, 1.807) is 0 Å². The van der Waals surface area contributed by atoms with Crippen molar-refractivity contribution in [3.63, 3.8) is 0 Å². The predicted octanol–water partition coefficient (Wildman–Crippen LogP) is 3.58. The lowest BCUT2D eigenvalue weighted by atomic mass is 9.91. The molecule has 14 heavy (non-hydrogen) atoms. The van der Waals surface area contributed by atoms with E-state index < -0.39 is 0 Å². The molecule has 0 aliphatic carbocycles. The summed E-state index contributed by atoms with van der Waals surface area (Å²) in [4.78, 5) is 0. The minimum Gasteiger partial charge on any atom is -0.507 e. The minimum absolute atomic E-state index is 0.472. The van der Waals surface area contributed by atoms with Crippen molar-refractivity contribution >= 4 is 0 Å². The average molecular weight is 192 g/mol. The van der Waals surface area contributed by atoms with Crippen molar-refractivity contribution in [3.8, 4) is 5.75 Å². The highest BCUT2D eigenvalue weighted by Gasteiger charge is 2.12. The molecule has 0 atom stereocenters. The fourth-order valence-electron chi connectivity index (χ4n) is 2.00. The molecule has 78 valence electrons. The van der Waals surface area contributed by atoms with Crippen LogP contribution in [0.4, 0.5) is 0 Å². The number of aromatic hydroxyl groups is 1. The molecule has 1 aromatic carbocycles. The molecule has 0 aliphatic heterocycles. The van der Waals surface area contributed by atoms with E-state index in [2.05, 4.69) is 20.8 Å². The van der Waals surface area contributed by atoms with E-state index in [-0.39, 0.29) is 0 Å². The topological polar surface area (TPSA) is 20.2 Å².